The van der Waals surface area contributed by atoms with E-state index in [2.05, 4.69) is 9.97 Å². The van der Waals surface area contributed by atoms with Crippen molar-refractivity contribution < 1.29 is 13.4 Å². The molecule has 0 amide bonds. The van der Waals surface area contributed by atoms with Crippen LogP contribution in [0.4, 0.5) is 4.39 Å². The van der Waals surface area contributed by atoms with Crippen LogP contribution in [-0.2, 0) is 11.2 Å². The predicted molar refractivity (Wildman–Crippen MR) is 77.5 cm³/mol. The summed E-state index contributed by atoms with van der Waals surface area (Å²) in [4.78, 5) is 8.32. The van der Waals surface area contributed by atoms with Crippen molar-refractivity contribution in [3.63, 3.8) is 0 Å². The Morgan fingerprint density at radius 2 is 1.76 bits per heavy atom. The molecule has 0 saturated carbocycles. The van der Waals surface area contributed by atoms with Crippen molar-refractivity contribution in [3.05, 3.63) is 54.8 Å². The van der Waals surface area contributed by atoms with Gasteiger partial charge in [0.25, 0.3) is 0 Å². The summed E-state index contributed by atoms with van der Waals surface area (Å²) in [5, 5.41) is 0.505. The molecule has 0 unspecified atom stereocenters. The Kier molecular flexibility index (Phi) is 3.72. The molecule has 0 N–H and O–H groups in total. The van der Waals surface area contributed by atoms with Crippen LogP contribution >= 0.6 is 0 Å². The monoisotopic (exact) mass is 302 g/mol. The molecule has 3 aromatic rings. The lowest BCUT2D eigenvalue weighted by Crippen LogP contribution is -1.99. The van der Waals surface area contributed by atoms with Gasteiger partial charge in [-0.15, -0.1) is 0 Å². The molecule has 0 spiro atoms. The molecule has 1 aromatic carbocycles. The Hall–Kier alpha value is -2.18. The number of nitrogens with zero attached hydrogens (tertiary/aromatic N) is 2. The zero-order valence-corrected chi connectivity index (χ0v) is 11.9. The molecule has 0 saturated heterocycles. The van der Waals surface area contributed by atoms with E-state index in [1.807, 2.05) is 0 Å². The van der Waals surface area contributed by atoms with Crippen LogP contribution in [0.3, 0.4) is 0 Å². The molecule has 2 aromatic heterocycles. The predicted octanol–water partition coefficient (Wildman–Crippen LogP) is 3.28. The van der Waals surface area contributed by atoms with Gasteiger partial charge in [0, 0.05) is 34.6 Å². The molecule has 2 heterocycles. The summed E-state index contributed by atoms with van der Waals surface area (Å²) in [5.41, 5.74) is 2.09. The van der Waals surface area contributed by atoms with Crippen LogP contribution in [0.1, 0.15) is 0 Å². The molecule has 0 radical (unpaired) electrons. The zero-order chi connectivity index (χ0) is 14.8. The number of halogens is 1. The molecule has 0 aliphatic rings. The highest BCUT2D eigenvalue weighted by atomic mass is 32.2. The molecule has 4 nitrogen and oxygen atoms in total. The highest BCUT2D eigenvalue weighted by Crippen LogP contribution is 2.31. The van der Waals surface area contributed by atoms with Gasteiger partial charge in [-0.25, -0.2) is 14.4 Å². The van der Waals surface area contributed by atoms with Crippen LogP contribution in [0.2, 0.25) is 0 Å². The summed E-state index contributed by atoms with van der Waals surface area (Å²) in [6, 6.07) is 9.46. The van der Waals surface area contributed by atoms with Crippen LogP contribution < -0.4 is 0 Å². The molecule has 1 atom stereocenters. The second-order valence-electron chi connectivity index (χ2n) is 4.38. The van der Waals surface area contributed by atoms with Crippen LogP contribution in [-0.4, -0.2) is 20.8 Å². The van der Waals surface area contributed by atoms with Crippen molar-refractivity contribution in [1.82, 2.24) is 9.97 Å². The molecular weight excluding hydrogens is 291 g/mol. The third kappa shape index (κ3) is 2.81. The summed E-state index contributed by atoms with van der Waals surface area (Å²) >= 11 is -1.12. The van der Waals surface area contributed by atoms with E-state index in [-0.39, 0.29) is 5.82 Å². The van der Waals surface area contributed by atoms with E-state index in [1.165, 1.54) is 18.5 Å². The van der Waals surface area contributed by atoms with E-state index < -0.39 is 11.2 Å². The number of hydrogen-bond acceptors (Lipinski definition) is 4. The molecule has 0 aliphatic heterocycles. The molecule has 0 fully saturated rings. The number of aromatic nitrogens is 2. The van der Waals surface area contributed by atoms with E-state index in [1.54, 1.807) is 36.7 Å². The van der Waals surface area contributed by atoms with Gasteiger partial charge in [0.15, 0.2) is 12.2 Å². The number of benzene rings is 1. The van der Waals surface area contributed by atoms with Crippen molar-refractivity contribution >= 4 is 11.2 Å². The third-order valence-electron chi connectivity index (χ3n) is 2.98. The minimum Gasteiger partial charge on any atom is -0.610 e. The molecule has 0 bridgehead atoms. The van der Waals surface area contributed by atoms with E-state index >= 15 is 0 Å². The van der Waals surface area contributed by atoms with Gasteiger partial charge in [0.1, 0.15) is 17.8 Å². The van der Waals surface area contributed by atoms with E-state index in [4.69, 9.17) is 4.42 Å². The summed E-state index contributed by atoms with van der Waals surface area (Å²) in [6.07, 6.45) is 4.50. The Morgan fingerprint density at radius 3 is 2.38 bits per heavy atom. The largest absolute Gasteiger partial charge is 0.610 e. The summed E-state index contributed by atoms with van der Waals surface area (Å²) in [6.45, 7) is 0. The average Bonchev–Trinajstić information content (AvgIpc) is 2.97. The van der Waals surface area contributed by atoms with Crippen LogP contribution in [0.5, 0.6) is 0 Å². The SMILES string of the molecule is C[S@+]([O-])c1ccc(-c2ncoc2-c2ccc(F)cc2)cn1. The lowest BCUT2D eigenvalue weighted by Gasteiger charge is -2.04. The first kappa shape index (κ1) is 13.8. The van der Waals surface area contributed by atoms with Gasteiger partial charge in [-0.2, -0.15) is 0 Å². The Bertz CT molecular complexity index is 739. The lowest BCUT2D eigenvalue weighted by molar-refractivity contribution is 0.571. The number of oxazole rings is 1. The van der Waals surface area contributed by atoms with Crippen molar-refractivity contribution in [1.29, 1.82) is 0 Å². The quantitative estimate of drug-likeness (QED) is 0.697. The molecule has 21 heavy (non-hydrogen) atoms. The van der Waals surface area contributed by atoms with E-state index in [0.717, 1.165) is 11.1 Å². The minimum atomic E-state index is -1.12. The first-order valence-electron chi connectivity index (χ1n) is 6.14. The molecular formula is C15H11FN2O2S. The maximum absolute atomic E-state index is 13.0. The smallest absolute Gasteiger partial charge is 0.244 e. The summed E-state index contributed by atoms with van der Waals surface area (Å²) < 4.78 is 29.7. The molecule has 3 rings (SSSR count). The molecule has 106 valence electrons. The van der Waals surface area contributed by atoms with Crippen molar-refractivity contribution in [2.75, 3.05) is 6.26 Å². The zero-order valence-electron chi connectivity index (χ0n) is 11.1. The van der Waals surface area contributed by atoms with E-state index in [9.17, 15) is 8.94 Å². The Balaban J connectivity index is 2.00. The maximum Gasteiger partial charge on any atom is 0.244 e. The van der Waals surface area contributed by atoms with Gasteiger partial charge in [0.05, 0.1) is 0 Å². The van der Waals surface area contributed by atoms with Crippen LogP contribution in [0.15, 0.2) is 58.4 Å². The number of pyridine rings is 1. The maximum atomic E-state index is 13.0. The second kappa shape index (κ2) is 5.67. The van der Waals surface area contributed by atoms with Gasteiger partial charge in [-0.1, -0.05) is 0 Å². The minimum absolute atomic E-state index is 0.309. The first-order valence-corrected chi connectivity index (χ1v) is 7.70. The third-order valence-corrected chi connectivity index (χ3v) is 3.81. The van der Waals surface area contributed by atoms with Gasteiger partial charge >= 0.3 is 0 Å². The first-order chi connectivity index (χ1) is 10.1. The number of rotatable bonds is 3. The standard InChI is InChI=1S/C15H11FN2O2S/c1-21(19)13-7-4-11(8-17-13)14-15(20-9-18-14)10-2-5-12(16)6-3-10/h2-9H,1H3/t21-/m0/s1. The fraction of sp³-hybridized carbons (Fsp3) is 0.0667. The lowest BCUT2D eigenvalue weighted by atomic mass is 10.1. The van der Waals surface area contributed by atoms with Gasteiger partial charge in [-0.05, 0) is 30.3 Å². The van der Waals surface area contributed by atoms with Crippen LogP contribution in [0.25, 0.3) is 22.6 Å². The average molecular weight is 302 g/mol. The highest BCUT2D eigenvalue weighted by molar-refractivity contribution is 7.90. The van der Waals surface area contributed by atoms with Gasteiger partial charge in [-0.3, -0.25) is 0 Å². The fourth-order valence-electron chi connectivity index (χ4n) is 1.95. The summed E-state index contributed by atoms with van der Waals surface area (Å²) in [5.74, 6) is 0.235. The topological polar surface area (TPSA) is 62.0 Å². The van der Waals surface area contributed by atoms with Gasteiger partial charge in [0.2, 0.25) is 5.03 Å². The fourth-order valence-corrected chi connectivity index (χ4v) is 2.41. The van der Waals surface area contributed by atoms with Crippen molar-refractivity contribution in [2.24, 2.45) is 0 Å². The molecule has 0 aliphatic carbocycles. The van der Waals surface area contributed by atoms with Crippen molar-refractivity contribution in [3.8, 4) is 22.6 Å². The second-order valence-corrected chi connectivity index (χ2v) is 5.70. The Morgan fingerprint density at radius 1 is 1.05 bits per heavy atom. The normalized spacial score (nSPS) is 12.3. The van der Waals surface area contributed by atoms with E-state index in [0.29, 0.717) is 16.5 Å². The highest BCUT2D eigenvalue weighted by Gasteiger charge is 2.14. The van der Waals surface area contributed by atoms with Crippen LogP contribution in [0, 0.1) is 5.82 Å². The van der Waals surface area contributed by atoms with Gasteiger partial charge < -0.3 is 8.97 Å². The van der Waals surface area contributed by atoms with Crippen molar-refractivity contribution in [2.45, 2.75) is 5.03 Å². The molecule has 6 heteroatoms. The summed E-state index contributed by atoms with van der Waals surface area (Å²) in [7, 11) is 0. The Labute approximate surface area is 123 Å². The number of hydrogen-bond donors (Lipinski definition) is 0.